The molecule has 0 atom stereocenters. The lowest BCUT2D eigenvalue weighted by atomic mass is 10.1. The van der Waals surface area contributed by atoms with E-state index >= 15 is 0 Å². The number of amides is 1. The van der Waals surface area contributed by atoms with Crippen LogP contribution in [0.2, 0.25) is 0 Å². The molecule has 1 heterocycles. The van der Waals surface area contributed by atoms with E-state index in [4.69, 9.17) is 4.74 Å². The zero-order chi connectivity index (χ0) is 25.9. The van der Waals surface area contributed by atoms with E-state index in [1.807, 2.05) is 0 Å². The summed E-state index contributed by atoms with van der Waals surface area (Å²) in [6, 6.07) is 16.9. The first kappa shape index (κ1) is 25.7. The van der Waals surface area contributed by atoms with Crippen LogP contribution in [0.4, 0.5) is 11.4 Å². The molecule has 0 bridgehead atoms. The van der Waals surface area contributed by atoms with Gasteiger partial charge in [0.05, 0.1) is 28.3 Å². The predicted octanol–water partition coefficient (Wildman–Crippen LogP) is 3.84. The van der Waals surface area contributed by atoms with Crippen LogP contribution < -0.4 is 14.8 Å². The topological polar surface area (TPSA) is 122 Å². The molecule has 11 heteroatoms. The number of benzene rings is 3. The molecule has 1 fully saturated rings. The van der Waals surface area contributed by atoms with Crippen LogP contribution in [0.15, 0.2) is 76.5 Å². The third-order valence-corrected chi connectivity index (χ3v) is 9.27. The molecule has 0 unspecified atom stereocenters. The van der Waals surface area contributed by atoms with Crippen LogP contribution in [0.25, 0.3) is 0 Å². The van der Waals surface area contributed by atoms with Crippen LogP contribution in [-0.2, 0) is 20.0 Å². The average Bonchev–Trinajstić information content (AvgIpc) is 3.42. The van der Waals surface area contributed by atoms with Crippen molar-refractivity contribution < 1.29 is 26.4 Å². The van der Waals surface area contributed by atoms with E-state index in [1.165, 1.54) is 41.7 Å². The lowest BCUT2D eigenvalue weighted by Gasteiger charge is -2.18. The van der Waals surface area contributed by atoms with Crippen LogP contribution in [0.3, 0.4) is 0 Å². The highest BCUT2D eigenvalue weighted by atomic mass is 32.2. The lowest BCUT2D eigenvalue weighted by molar-refractivity contribution is 0.102. The molecule has 36 heavy (non-hydrogen) atoms. The fraction of sp³-hybridized carbons (Fsp3) is 0.240. The molecule has 3 aromatic carbocycles. The van der Waals surface area contributed by atoms with Crippen molar-refractivity contribution >= 4 is 37.3 Å². The van der Waals surface area contributed by atoms with Gasteiger partial charge in [0.2, 0.25) is 10.0 Å². The number of carbonyl (C=O) groups excluding carboxylic acids is 1. The number of anilines is 2. The van der Waals surface area contributed by atoms with Gasteiger partial charge in [0.25, 0.3) is 15.9 Å². The fourth-order valence-corrected chi connectivity index (χ4v) is 6.70. The first-order valence-electron chi connectivity index (χ1n) is 11.3. The van der Waals surface area contributed by atoms with Gasteiger partial charge >= 0.3 is 0 Å². The van der Waals surface area contributed by atoms with Gasteiger partial charge in [-0.2, -0.15) is 4.31 Å². The first-order chi connectivity index (χ1) is 17.1. The standard InChI is InChI=1S/C25H27N3O6S2/c1-18-21(11-8-12-22(18)27-35(30,31)19-9-4-3-5-10-19)25(29)26-23-17-20(13-14-24(23)34-2)36(32,33)28-15-6-7-16-28/h3-5,8-14,17,27H,6-7,15-16H2,1-2H3,(H,26,29). The number of ether oxygens (including phenoxy) is 1. The van der Waals surface area contributed by atoms with Gasteiger partial charge in [-0.1, -0.05) is 24.3 Å². The SMILES string of the molecule is COc1ccc(S(=O)(=O)N2CCCC2)cc1NC(=O)c1cccc(NS(=O)(=O)c2ccccc2)c1C. The summed E-state index contributed by atoms with van der Waals surface area (Å²) in [5, 5.41) is 2.72. The maximum atomic E-state index is 13.2. The van der Waals surface area contributed by atoms with Crippen LogP contribution in [-0.4, -0.2) is 47.2 Å². The van der Waals surface area contributed by atoms with Crippen molar-refractivity contribution in [1.29, 1.82) is 0 Å². The second-order valence-corrected chi connectivity index (χ2v) is 11.9. The van der Waals surface area contributed by atoms with Gasteiger partial charge in [0, 0.05) is 18.7 Å². The molecule has 0 aromatic heterocycles. The van der Waals surface area contributed by atoms with Gasteiger partial charge in [-0.05, 0) is 67.8 Å². The highest BCUT2D eigenvalue weighted by molar-refractivity contribution is 7.92. The number of nitrogens with one attached hydrogen (secondary N) is 2. The minimum Gasteiger partial charge on any atom is -0.495 e. The third-order valence-electron chi connectivity index (χ3n) is 6.00. The molecule has 4 rings (SSSR count). The second kappa shape index (κ2) is 10.3. The monoisotopic (exact) mass is 529 g/mol. The first-order valence-corrected chi connectivity index (χ1v) is 14.2. The fourth-order valence-electron chi connectivity index (χ4n) is 4.01. The Balaban J connectivity index is 1.62. The normalized spacial score (nSPS) is 14.4. The quantitative estimate of drug-likeness (QED) is 0.457. The zero-order valence-electron chi connectivity index (χ0n) is 19.9. The second-order valence-electron chi connectivity index (χ2n) is 8.32. The van der Waals surface area contributed by atoms with Crippen LogP contribution in [0, 0.1) is 6.92 Å². The van der Waals surface area contributed by atoms with E-state index in [0.717, 1.165) is 12.8 Å². The summed E-state index contributed by atoms with van der Waals surface area (Å²) in [4.78, 5) is 13.4. The minimum atomic E-state index is -3.85. The summed E-state index contributed by atoms with van der Waals surface area (Å²) < 4.78 is 60.8. The molecule has 190 valence electrons. The molecule has 1 saturated heterocycles. The molecular formula is C25H27N3O6S2. The Bertz CT molecular complexity index is 1480. The maximum absolute atomic E-state index is 13.2. The molecule has 1 aliphatic rings. The van der Waals surface area contributed by atoms with Gasteiger partial charge in [-0.3, -0.25) is 9.52 Å². The van der Waals surface area contributed by atoms with Crippen molar-refractivity contribution in [1.82, 2.24) is 4.31 Å². The number of hydrogen-bond donors (Lipinski definition) is 2. The Hall–Kier alpha value is -3.41. The van der Waals surface area contributed by atoms with E-state index in [2.05, 4.69) is 10.0 Å². The maximum Gasteiger partial charge on any atom is 0.261 e. The van der Waals surface area contributed by atoms with E-state index in [1.54, 1.807) is 43.3 Å². The molecule has 1 aliphatic heterocycles. The smallest absolute Gasteiger partial charge is 0.261 e. The third kappa shape index (κ3) is 5.23. The average molecular weight is 530 g/mol. The largest absolute Gasteiger partial charge is 0.495 e. The Morgan fingerprint density at radius 1 is 0.861 bits per heavy atom. The molecular weight excluding hydrogens is 502 g/mol. The van der Waals surface area contributed by atoms with Crippen molar-refractivity contribution in [3.05, 3.63) is 77.9 Å². The van der Waals surface area contributed by atoms with Crippen molar-refractivity contribution in [2.45, 2.75) is 29.6 Å². The Morgan fingerprint density at radius 2 is 1.56 bits per heavy atom. The summed E-state index contributed by atoms with van der Waals surface area (Å²) >= 11 is 0. The Kier molecular flexibility index (Phi) is 7.34. The van der Waals surface area contributed by atoms with Gasteiger partial charge in [-0.25, -0.2) is 16.8 Å². The molecule has 0 saturated carbocycles. The molecule has 1 amide bonds. The van der Waals surface area contributed by atoms with Crippen molar-refractivity contribution in [2.24, 2.45) is 0 Å². The number of carbonyl (C=O) groups is 1. The number of nitrogens with zero attached hydrogens (tertiary/aromatic N) is 1. The van der Waals surface area contributed by atoms with Gasteiger partial charge in [0.15, 0.2) is 0 Å². The summed E-state index contributed by atoms with van der Waals surface area (Å²) in [5.41, 5.74) is 1.08. The molecule has 0 aliphatic carbocycles. The molecule has 0 spiro atoms. The lowest BCUT2D eigenvalue weighted by Crippen LogP contribution is -2.28. The molecule has 2 N–H and O–H groups in total. The summed E-state index contributed by atoms with van der Waals surface area (Å²) in [5.74, 6) is -0.246. The highest BCUT2D eigenvalue weighted by Gasteiger charge is 2.28. The van der Waals surface area contributed by atoms with Crippen LogP contribution in [0.1, 0.15) is 28.8 Å². The predicted molar refractivity (Wildman–Crippen MR) is 137 cm³/mol. The highest BCUT2D eigenvalue weighted by Crippen LogP contribution is 2.31. The number of methoxy groups -OCH3 is 1. The van der Waals surface area contributed by atoms with Crippen LogP contribution >= 0.6 is 0 Å². The number of hydrogen-bond acceptors (Lipinski definition) is 6. The van der Waals surface area contributed by atoms with Gasteiger partial charge < -0.3 is 10.1 Å². The summed E-state index contributed by atoms with van der Waals surface area (Å²) in [6.45, 7) is 2.55. The number of rotatable bonds is 8. The molecule has 3 aromatic rings. The zero-order valence-corrected chi connectivity index (χ0v) is 21.5. The number of sulfonamides is 2. The Labute approximate surface area is 211 Å². The van der Waals surface area contributed by atoms with E-state index in [0.29, 0.717) is 24.4 Å². The van der Waals surface area contributed by atoms with Crippen molar-refractivity contribution in [3.63, 3.8) is 0 Å². The minimum absolute atomic E-state index is 0.0570. The molecule has 9 nitrogen and oxygen atoms in total. The van der Waals surface area contributed by atoms with Crippen molar-refractivity contribution in [2.75, 3.05) is 30.2 Å². The van der Waals surface area contributed by atoms with E-state index in [-0.39, 0.29) is 26.7 Å². The van der Waals surface area contributed by atoms with Gasteiger partial charge in [0.1, 0.15) is 5.75 Å². The van der Waals surface area contributed by atoms with Gasteiger partial charge in [-0.15, -0.1) is 0 Å². The van der Waals surface area contributed by atoms with E-state index < -0.39 is 26.0 Å². The summed E-state index contributed by atoms with van der Waals surface area (Å²) in [7, 11) is -6.13. The molecule has 0 radical (unpaired) electrons. The van der Waals surface area contributed by atoms with Crippen LogP contribution in [0.5, 0.6) is 5.75 Å². The van der Waals surface area contributed by atoms with E-state index in [9.17, 15) is 21.6 Å². The Morgan fingerprint density at radius 3 is 2.22 bits per heavy atom. The summed E-state index contributed by atoms with van der Waals surface area (Å²) in [6.07, 6.45) is 1.62. The van der Waals surface area contributed by atoms with Crippen molar-refractivity contribution in [3.8, 4) is 5.75 Å².